The van der Waals surface area contributed by atoms with Crippen molar-refractivity contribution in [2.45, 2.75) is 25.7 Å². The average Bonchev–Trinajstić information content (AvgIpc) is 3.01. The predicted octanol–water partition coefficient (Wildman–Crippen LogP) is 2.78. The molecule has 0 saturated carbocycles. The van der Waals surface area contributed by atoms with Crippen molar-refractivity contribution in [1.29, 1.82) is 0 Å². The summed E-state index contributed by atoms with van der Waals surface area (Å²) in [6.07, 6.45) is 7.30. The summed E-state index contributed by atoms with van der Waals surface area (Å²) < 4.78 is 26.5. The number of hydrogen-bond donors (Lipinski definition) is 0. The fraction of sp³-hybridized carbons (Fsp3) is 0.389. The minimum atomic E-state index is -0.556. The molecule has 2 heterocycles. The van der Waals surface area contributed by atoms with E-state index in [4.69, 9.17) is 0 Å². The van der Waals surface area contributed by atoms with Gasteiger partial charge in [-0.05, 0) is 42.9 Å². The molecular formula is C18H19F2N3O. The van der Waals surface area contributed by atoms with Crippen LogP contribution in [-0.4, -0.2) is 33.9 Å². The van der Waals surface area contributed by atoms with Crippen molar-refractivity contribution < 1.29 is 13.6 Å². The van der Waals surface area contributed by atoms with Crippen molar-refractivity contribution in [2.24, 2.45) is 5.92 Å². The molecule has 4 nitrogen and oxygen atoms in total. The van der Waals surface area contributed by atoms with E-state index in [9.17, 15) is 13.6 Å². The second kappa shape index (κ2) is 7.47. The summed E-state index contributed by atoms with van der Waals surface area (Å²) in [5.41, 5.74) is 1.45. The summed E-state index contributed by atoms with van der Waals surface area (Å²) in [5, 5.41) is 0. The van der Waals surface area contributed by atoms with Gasteiger partial charge in [0.1, 0.15) is 11.6 Å². The minimum Gasteiger partial charge on any atom is -0.342 e. The number of halogens is 2. The number of carbonyl (C=O) groups is 1. The Balaban J connectivity index is 1.50. The zero-order valence-corrected chi connectivity index (χ0v) is 13.3. The Bertz CT molecular complexity index is 688. The van der Waals surface area contributed by atoms with E-state index in [1.54, 1.807) is 18.6 Å². The van der Waals surface area contributed by atoms with Crippen LogP contribution in [0.1, 0.15) is 24.1 Å². The van der Waals surface area contributed by atoms with Gasteiger partial charge in [-0.1, -0.05) is 0 Å². The molecule has 24 heavy (non-hydrogen) atoms. The van der Waals surface area contributed by atoms with Gasteiger partial charge < -0.3 is 4.90 Å². The van der Waals surface area contributed by atoms with Crippen LogP contribution in [0.3, 0.4) is 0 Å². The lowest BCUT2D eigenvalue weighted by molar-refractivity contribution is -0.130. The SMILES string of the molecule is O=C(CCc1cnccn1)N1CCC(Cc2cc(F)cc(F)c2)C1. The monoisotopic (exact) mass is 331 g/mol. The number of hydrogen-bond acceptors (Lipinski definition) is 3. The minimum absolute atomic E-state index is 0.0913. The molecule has 0 radical (unpaired) electrons. The van der Waals surface area contributed by atoms with Crippen molar-refractivity contribution in [2.75, 3.05) is 13.1 Å². The lowest BCUT2D eigenvalue weighted by Gasteiger charge is -2.16. The van der Waals surface area contributed by atoms with Crippen molar-refractivity contribution in [3.8, 4) is 0 Å². The third-order valence-electron chi connectivity index (χ3n) is 4.30. The number of carbonyl (C=O) groups excluding carboxylic acids is 1. The van der Waals surface area contributed by atoms with E-state index in [1.807, 2.05) is 4.90 Å². The first kappa shape index (κ1) is 16.5. The molecule has 1 unspecified atom stereocenters. The standard InChI is InChI=1S/C18H19F2N3O/c19-15-8-14(9-16(20)10-15)7-13-3-6-23(12-13)18(24)2-1-17-11-21-4-5-22-17/h4-5,8-11,13H,1-3,6-7,12H2. The van der Waals surface area contributed by atoms with Gasteiger partial charge in [-0.3, -0.25) is 14.8 Å². The number of rotatable bonds is 5. The molecule has 0 bridgehead atoms. The van der Waals surface area contributed by atoms with Gasteiger partial charge in [0.05, 0.1) is 5.69 Å². The van der Waals surface area contributed by atoms with Crippen molar-refractivity contribution >= 4 is 5.91 Å². The van der Waals surface area contributed by atoms with Crippen LogP contribution in [0.5, 0.6) is 0 Å². The number of aromatic nitrogens is 2. The normalized spacial score (nSPS) is 17.2. The number of nitrogens with zero attached hydrogens (tertiary/aromatic N) is 3. The summed E-state index contributed by atoms with van der Waals surface area (Å²) >= 11 is 0. The molecule has 1 fully saturated rings. The first-order valence-corrected chi connectivity index (χ1v) is 8.08. The summed E-state index contributed by atoms with van der Waals surface area (Å²) in [7, 11) is 0. The topological polar surface area (TPSA) is 46.1 Å². The Hall–Kier alpha value is -2.37. The third kappa shape index (κ3) is 4.34. The van der Waals surface area contributed by atoms with E-state index >= 15 is 0 Å². The summed E-state index contributed by atoms with van der Waals surface area (Å²) in [4.78, 5) is 22.3. The van der Waals surface area contributed by atoms with Gasteiger partial charge in [-0.15, -0.1) is 0 Å². The molecule has 1 atom stereocenters. The maximum absolute atomic E-state index is 13.3. The molecular weight excluding hydrogens is 312 g/mol. The zero-order valence-electron chi connectivity index (χ0n) is 13.3. The van der Waals surface area contributed by atoms with Gasteiger partial charge in [0, 0.05) is 44.2 Å². The van der Waals surface area contributed by atoms with E-state index in [0.29, 0.717) is 37.9 Å². The van der Waals surface area contributed by atoms with Crippen LogP contribution in [0.2, 0.25) is 0 Å². The van der Waals surface area contributed by atoms with Crippen LogP contribution in [0.15, 0.2) is 36.8 Å². The number of amides is 1. The van der Waals surface area contributed by atoms with Crippen LogP contribution in [-0.2, 0) is 17.6 Å². The molecule has 1 saturated heterocycles. The second-order valence-corrected chi connectivity index (χ2v) is 6.17. The average molecular weight is 331 g/mol. The Morgan fingerprint density at radius 1 is 1.21 bits per heavy atom. The van der Waals surface area contributed by atoms with Gasteiger partial charge in [0.2, 0.25) is 5.91 Å². The maximum atomic E-state index is 13.3. The first-order chi connectivity index (χ1) is 11.6. The fourth-order valence-corrected chi connectivity index (χ4v) is 3.14. The van der Waals surface area contributed by atoms with Crippen molar-refractivity contribution in [1.82, 2.24) is 14.9 Å². The van der Waals surface area contributed by atoms with E-state index in [0.717, 1.165) is 18.2 Å². The van der Waals surface area contributed by atoms with Crippen molar-refractivity contribution in [3.63, 3.8) is 0 Å². The number of benzene rings is 1. The second-order valence-electron chi connectivity index (χ2n) is 6.17. The highest BCUT2D eigenvalue weighted by Gasteiger charge is 2.26. The molecule has 1 amide bonds. The Labute approximate surface area is 139 Å². The highest BCUT2D eigenvalue weighted by Crippen LogP contribution is 2.22. The third-order valence-corrected chi connectivity index (χ3v) is 4.30. The highest BCUT2D eigenvalue weighted by molar-refractivity contribution is 5.76. The molecule has 1 aromatic carbocycles. The summed E-state index contributed by atoms with van der Waals surface area (Å²) in [6.45, 7) is 1.33. The lowest BCUT2D eigenvalue weighted by Crippen LogP contribution is -2.29. The quantitative estimate of drug-likeness (QED) is 0.846. The Morgan fingerprint density at radius 3 is 2.71 bits per heavy atom. The summed E-state index contributed by atoms with van der Waals surface area (Å²) in [6, 6.07) is 3.60. The van der Waals surface area contributed by atoms with E-state index in [-0.39, 0.29) is 11.8 Å². The molecule has 0 aliphatic carbocycles. The van der Waals surface area contributed by atoms with E-state index in [1.165, 1.54) is 12.1 Å². The van der Waals surface area contributed by atoms with E-state index < -0.39 is 11.6 Å². The molecule has 6 heteroatoms. The Kier molecular flexibility index (Phi) is 5.13. The van der Waals surface area contributed by atoms with Crippen LogP contribution in [0.4, 0.5) is 8.78 Å². The molecule has 1 aromatic heterocycles. The molecule has 1 aliphatic heterocycles. The largest absolute Gasteiger partial charge is 0.342 e. The zero-order chi connectivity index (χ0) is 16.9. The molecule has 2 aromatic rings. The molecule has 3 rings (SSSR count). The lowest BCUT2D eigenvalue weighted by atomic mass is 9.98. The molecule has 0 N–H and O–H groups in total. The van der Waals surface area contributed by atoms with Gasteiger partial charge in [-0.2, -0.15) is 0 Å². The maximum Gasteiger partial charge on any atom is 0.222 e. The smallest absolute Gasteiger partial charge is 0.222 e. The van der Waals surface area contributed by atoms with Crippen LogP contribution in [0, 0.1) is 17.6 Å². The predicted molar refractivity (Wildman–Crippen MR) is 85.1 cm³/mol. The van der Waals surface area contributed by atoms with Gasteiger partial charge in [-0.25, -0.2) is 8.78 Å². The van der Waals surface area contributed by atoms with Gasteiger partial charge in [0.25, 0.3) is 0 Å². The van der Waals surface area contributed by atoms with Gasteiger partial charge in [0.15, 0.2) is 0 Å². The molecule has 126 valence electrons. The number of aryl methyl sites for hydroxylation is 1. The van der Waals surface area contributed by atoms with Gasteiger partial charge >= 0.3 is 0 Å². The molecule has 0 spiro atoms. The van der Waals surface area contributed by atoms with Crippen LogP contribution >= 0.6 is 0 Å². The Morgan fingerprint density at radius 2 is 2.00 bits per heavy atom. The molecule has 1 aliphatic rings. The highest BCUT2D eigenvalue weighted by atomic mass is 19.1. The first-order valence-electron chi connectivity index (χ1n) is 8.08. The van der Waals surface area contributed by atoms with E-state index in [2.05, 4.69) is 9.97 Å². The van der Waals surface area contributed by atoms with Crippen LogP contribution in [0.25, 0.3) is 0 Å². The van der Waals surface area contributed by atoms with Crippen LogP contribution < -0.4 is 0 Å². The fourth-order valence-electron chi connectivity index (χ4n) is 3.14. The number of likely N-dealkylation sites (tertiary alicyclic amines) is 1. The van der Waals surface area contributed by atoms with Crippen molar-refractivity contribution in [3.05, 3.63) is 59.7 Å². The summed E-state index contributed by atoms with van der Waals surface area (Å²) in [5.74, 6) is -0.778.